The molecule has 11 nitrogen and oxygen atoms in total. The van der Waals surface area contributed by atoms with Gasteiger partial charge in [-0.25, -0.2) is 9.59 Å². The molecule has 1 aliphatic heterocycles. The standard InChI is InChI=1S/C38H43N3O8/c1-41(23-34(44)29-9-6-10-31(43)20-29)22-32-21-35(27-13-11-26(24-42)12-14-27)49-37(48-32)28-15-17-30(18-16-28)39-38(46)40-33(36(45)47-2)19-25-7-4-3-5-8-25/h3-18,20,32-35,37,42-44H,19,21-24H2,1-2H3,(H2,39,40,46). The third kappa shape index (κ3) is 10.1. The molecule has 5 unspecified atom stereocenters. The Morgan fingerprint density at radius 1 is 0.918 bits per heavy atom. The number of nitrogens with zero attached hydrogens (tertiary/aromatic N) is 1. The van der Waals surface area contributed by atoms with Crippen molar-refractivity contribution in [3.63, 3.8) is 0 Å². The smallest absolute Gasteiger partial charge is 0.328 e. The summed E-state index contributed by atoms with van der Waals surface area (Å²) in [6, 6.07) is 29.2. The number of esters is 1. The highest BCUT2D eigenvalue weighted by atomic mass is 16.7. The van der Waals surface area contributed by atoms with Crippen LogP contribution in [0, 0.1) is 0 Å². The van der Waals surface area contributed by atoms with Crippen molar-refractivity contribution in [3.8, 4) is 5.75 Å². The van der Waals surface area contributed by atoms with Crippen molar-refractivity contribution >= 4 is 17.7 Å². The molecule has 1 fully saturated rings. The quantitative estimate of drug-likeness (QED) is 0.124. The zero-order chi connectivity index (χ0) is 34.8. The van der Waals surface area contributed by atoms with Crippen molar-refractivity contribution in [1.29, 1.82) is 0 Å². The van der Waals surface area contributed by atoms with Gasteiger partial charge in [0.2, 0.25) is 0 Å². The Labute approximate surface area is 286 Å². The van der Waals surface area contributed by atoms with E-state index in [1.807, 2.05) is 78.7 Å². The summed E-state index contributed by atoms with van der Waals surface area (Å²) in [7, 11) is 3.19. The lowest BCUT2D eigenvalue weighted by molar-refractivity contribution is -0.252. The first-order valence-corrected chi connectivity index (χ1v) is 16.2. The number of rotatable bonds is 13. The SMILES string of the molecule is COC(=O)C(Cc1ccccc1)NC(=O)Nc1ccc(C2OC(CN(C)CC(O)c3cccc(O)c3)CC(c3ccc(CO)cc3)O2)cc1. The van der Waals surface area contributed by atoms with Crippen LogP contribution in [0.4, 0.5) is 10.5 Å². The monoisotopic (exact) mass is 669 g/mol. The summed E-state index contributed by atoms with van der Waals surface area (Å²) >= 11 is 0. The Kier molecular flexibility index (Phi) is 12.4. The van der Waals surface area contributed by atoms with Gasteiger partial charge in [0.1, 0.15) is 11.8 Å². The van der Waals surface area contributed by atoms with Gasteiger partial charge in [-0.05, 0) is 53.6 Å². The normalized spacial score (nSPS) is 18.8. The maximum absolute atomic E-state index is 12.9. The number of hydrogen-bond acceptors (Lipinski definition) is 9. The number of carbonyl (C=O) groups is 2. The van der Waals surface area contributed by atoms with Crippen LogP contribution in [0.25, 0.3) is 0 Å². The molecule has 0 aliphatic carbocycles. The summed E-state index contributed by atoms with van der Waals surface area (Å²) in [6.45, 7) is 0.779. The molecule has 5 rings (SSSR count). The molecule has 0 spiro atoms. The van der Waals surface area contributed by atoms with Crippen molar-refractivity contribution in [1.82, 2.24) is 10.2 Å². The number of carbonyl (C=O) groups excluding carboxylic acids is 2. The fraction of sp³-hybridized carbons (Fsp3) is 0.316. The van der Waals surface area contributed by atoms with Gasteiger partial charge in [0, 0.05) is 37.2 Å². The van der Waals surface area contributed by atoms with Crippen LogP contribution in [0.1, 0.15) is 52.7 Å². The van der Waals surface area contributed by atoms with Gasteiger partial charge >= 0.3 is 12.0 Å². The second-order valence-corrected chi connectivity index (χ2v) is 12.2. The molecule has 0 aromatic heterocycles. The van der Waals surface area contributed by atoms with Gasteiger partial charge in [-0.2, -0.15) is 0 Å². The van der Waals surface area contributed by atoms with Gasteiger partial charge in [0.15, 0.2) is 6.29 Å². The zero-order valence-electron chi connectivity index (χ0n) is 27.6. The van der Waals surface area contributed by atoms with E-state index in [9.17, 15) is 24.9 Å². The van der Waals surface area contributed by atoms with E-state index in [1.165, 1.54) is 7.11 Å². The molecular weight excluding hydrogens is 626 g/mol. The molecule has 1 heterocycles. The Morgan fingerprint density at radius 2 is 1.63 bits per heavy atom. The molecule has 4 aromatic rings. The number of aromatic hydroxyl groups is 1. The van der Waals surface area contributed by atoms with Crippen LogP contribution in [-0.4, -0.2) is 71.6 Å². The molecular formula is C38H43N3O8. The lowest BCUT2D eigenvalue weighted by atomic mass is 9.99. The molecule has 5 N–H and O–H groups in total. The van der Waals surface area contributed by atoms with E-state index < -0.39 is 30.4 Å². The Hall–Kier alpha value is -4.78. The average Bonchev–Trinajstić information content (AvgIpc) is 3.11. The Bertz CT molecular complexity index is 1650. The first-order valence-electron chi connectivity index (χ1n) is 16.2. The number of phenolic OH excluding ortho intramolecular Hbond substituents is 1. The van der Waals surface area contributed by atoms with Gasteiger partial charge in [-0.15, -0.1) is 0 Å². The minimum atomic E-state index is -0.866. The van der Waals surface area contributed by atoms with Crippen molar-refractivity contribution < 1.29 is 39.1 Å². The topological polar surface area (TPSA) is 150 Å². The van der Waals surface area contributed by atoms with E-state index in [2.05, 4.69) is 10.6 Å². The van der Waals surface area contributed by atoms with Crippen LogP contribution >= 0.6 is 0 Å². The molecule has 258 valence electrons. The first-order chi connectivity index (χ1) is 23.7. The van der Waals surface area contributed by atoms with Crippen LogP contribution in [-0.2, 0) is 32.0 Å². The molecule has 4 aromatic carbocycles. The fourth-order valence-electron chi connectivity index (χ4n) is 5.82. The van der Waals surface area contributed by atoms with Gasteiger partial charge in [-0.3, -0.25) is 0 Å². The van der Waals surface area contributed by atoms with Crippen LogP contribution in [0.15, 0.2) is 103 Å². The van der Waals surface area contributed by atoms with E-state index in [-0.39, 0.29) is 31.0 Å². The molecule has 5 atom stereocenters. The number of likely N-dealkylation sites (N-methyl/N-ethyl adjacent to an activating group) is 1. The van der Waals surface area contributed by atoms with E-state index in [0.29, 0.717) is 30.8 Å². The molecule has 0 radical (unpaired) electrons. The van der Waals surface area contributed by atoms with Gasteiger partial charge in [0.05, 0.1) is 32.0 Å². The second kappa shape index (κ2) is 17.0. The number of aliphatic hydroxyl groups excluding tert-OH is 2. The summed E-state index contributed by atoms with van der Waals surface area (Å²) < 4.78 is 17.8. The highest BCUT2D eigenvalue weighted by Gasteiger charge is 2.33. The number of amides is 2. The maximum atomic E-state index is 12.9. The number of nitrogens with one attached hydrogen (secondary N) is 2. The van der Waals surface area contributed by atoms with Crippen molar-refractivity contribution in [3.05, 3.63) is 131 Å². The average molecular weight is 670 g/mol. The predicted molar refractivity (Wildman–Crippen MR) is 184 cm³/mol. The van der Waals surface area contributed by atoms with Gasteiger partial charge < -0.3 is 45.1 Å². The van der Waals surface area contributed by atoms with Crippen molar-refractivity contribution in [2.24, 2.45) is 0 Å². The number of anilines is 1. The number of urea groups is 1. The minimum absolute atomic E-state index is 0.0543. The molecule has 0 saturated carbocycles. The third-order valence-electron chi connectivity index (χ3n) is 8.38. The van der Waals surface area contributed by atoms with Gasteiger partial charge in [-0.1, -0.05) is 78.9 Å². The minimum Gasteiger partial charge on any atom is -0.508 e. The third-order valence-corrected chi connectivity index (χ3v) is 8.38. The number of aliphatic hydroxyl groups is 2. The maximum Gasteiger partial charge on any atom is 0.328 e. The lowest BCUT2D eigenvalue weighted by Crippen LogP contribution is -2.45. The predicted octanol–water partition coefficient (Wildman–Crippen LogP) is 5.00. The summed E-state index contributed by atoms with van der Waals surface area (Å²) in [5, 5.41) is 35.6. The van der Waals surface area contributed by atoms with Gasteiger partial charge in [0.25, 0.3) is 0 Å². The Morgan fingerprint density at radius 3 is 2.31 bits per heavy atom. The molecule has 1 saturated heterocycles. The fourth-order valence-corrected chi connectivity index (χ4v) is 5.82. The van der Waals surface area contributed by atoms with Crippen LogP contribution in [0.3, 0.4) is 0 Å². The molecule has 11 heteroatoms. The van der Waals surface area contributed by atoms with E-state index in [4.69, 9.17) is 14.2 Å². The molecule has 0 bridgehead atoms. The zero-order valence-corrected chi connectivity index (χ0v) is 27.6. The first kappa shape index (κ1) is 35.5. The van der Waals surface area contributed by atoms with Crippen LogP contribution < -0.4 is 10.6 Å². The van der Waals surface area contributed by atoms with E-state index >= 15 is 0 Å². The molecule has 2 amide bonds. The van der Waals surface area contributed by atoms with E-state index in [0.717, 1.165) is 22.3 Å². The summed E-state index contributed by atoms with van der Waals surface area (Å²) in [5.41, 5.74) is 4.51. The molecule has 49 heavy (non-hydrogen) atoms. The number of hydrogen-bond donors (Lipinski definition) is 5. The summed E-state index contributed by atoms with van der Waals surface area (Å²) in [5.74, 6) is -0.448. The van der Waals surface area contributed by atoms with Crippen molar-refractivity contribution in [2.45, 2.75) is 50.1 Å². The summed E-state index contributed by atoms with van der Waals surface area (Å²) in [4.78, 5) is 27.2. The highest BCUT2D eigenvalue weighted by Crippen LogP contribution is 2.38. The number of methoxy groups -OCH3 is 1. The van der Waals surface area contributed by atoms with Crippen LogP contribution in [0.2, 0.25) is 0 Å². The van der Waals surface area contributed by atoms with Crippen molar-refractivity contribution in [2.75, 3.05) is 32.6 Å². The van der Waals surface area contributed by atoms with Crippen LogP contribution in [0.5, 0.6) is 5.75 Å². The Balaban J connectivity index is 1.25. The number of ether oxygens (including phenoxy) is 3. The second-order valence-electron chi connectivity index (χ2n) is 12.2. The molecule has 1 aliphatic rings. The lowest BCUT2D eigenvalue weighted by Gasteiger charge is -2.38. The number of benzene rings is 4. The number of phenols is 1. The largest absolute Gasteiger partial charge is 0.508 e. The van der Waals surface area contributed by atoms with E-state index in [1.54, 1.807) is 36.4 Å². The highest BCUT2D eigenvalue weighted by molar-refractivity contribution is 5.92. The summed E-state index contributed by atoms with van der Waals surface area (Å²) in [6.07, 6.45) is -1.23.